The molecule has 1 aromatic heterocycles. The Bertz CT molecular complexity index is 1280. The third kappa shape index (κ3) is 4.63. The maximum absolute atomic E-state index is 13.9. The summed E-state index contributed by atoms with van der Waals surface area (Å²) in [7, 11) is 1.13. The number of hydrogen-bond acceptors (Lipinski definition) is 3. The van der Waals surface area contributed by atoms with Gasteiger partial charge in [-0.2, -0.15) is 18.3 Å². The smallest absolute Gasteiger partial charge is 0.433 e. The lowest BCUT2D eigenvalue weighted by Gasteiger charge is -2.19. The van der Waals surface area contributed by atoms with Gasteiger partial charge in [0.1, 0.15) is 0 Å². The van der Waals surface area contributed by atoms with Crippen LogP contribution in [0.4, 0.5) is 13.2 Å². The Morgan fingerprint density at radius 1 is 1.12 bits per heavy atom. The predicted molar refractivity (Wildman–Crippen MR) is 119 cm³/mol. The highest BCUT2D eigenvalue weighted by Crippen LogP contribution is 2.46. The van der Waals surface area contributed by atoms with Gasteiger partial charge in [0.25, 0.3) is 5.91 Å². The van der Waals surface area contributed by atoms with E-state index in [1.165, 1.54) is 24.3 Å². The highest BCUT2D eigenvalue weighted by Gasteiger charge is 2.48. The average Bonchev–Trinajstić information content (AvgIpc) is 3.45. The maximum Gasteiger partial charge on any atom is 0.433 e. The molecule has 1 amide bonds. The first-order chi connectivity index (χ1) is 15.9. The second-order valence-electron chi connectivity index (χ2n) is 8.14. The normalized spacial score (nSPS) is 14.6. The predicted octanol–water partition coefficient (Wildman–Crippen LogP) is 5.45. The first kappa shape index (κ1) is 24.1. The van der Waals surface area contributed by atoms with Gasteiger partial charge < -0.3 is 10.4 Å². The number of rotatable bonds is 6. The molecule has 1 saturated carbocycles. The number of aryl methyl sites for hydroxylation is 1. The van der Waals surface area contributed by atoms with E-state index in [1.807, 2.05) is 0 Å². The standard InChI is InChI=1S/C23H18Cl2F3N3O3/c1-31-19(23(26,27)28)18(17(30-31)11-12-2-7-15(24)16(25)10-12)20(32)29-22(8-9-22)14-5-3-13(4-6-14)21(33)34/h2-7,10H,8-9,11H2,1H3,(H,29,32)(H,33,34). The summed E-state index contributed by atoms with van der Waals surface area (Å²) in [5.74, 6) is -2.01. The molecule has 0 atom stereocenters. The van der Waals surface area contributed by atoms with E-state index in [0.29, 0.717) is 33.7 Å². The van der Waals surface area contributed by atoms with Crippen molar-refractivity contribution in [3.8, 4) is 0 Å². The van der Waals surface area contributed by atoms with Gasteiger partial charge >= 0.3 is 12.1 Å². The van der Waals surface area contributed by atoms with Crippen molar-refractivity contribution in [2.24, 2.45) is 7.05 Å². The number of carboxylic acid groups (broad SMARTS) is 1. The molecular formula is C23H18Cl2F3N3O3. The molecule has 1 aliphatic rings. The number of amides is 1. The van der Waals surface area contributed by atoms with E-state index >= 15 is 0 Å². The third-order valence-electron chi connectivity index (χ3n) is 5.76. The number of carbonyl (C=O) groups excluding carboxylic acids is 1. The molecule has 0 aliphatic heterocycles. The monoisotopic (exact) mass is 511 g/mol. The van der Waals surface area contributed by atoms with Gasteiger partial charge in [-0.1, -0.05) is 41.4 Å². The minimum Gasteiger partial charge on any atom is -0.478 e. The van der Waals surface area contributed by atoms with E-state index in [0.717, 1.165) is 7.05 Å². The SMILES string of the molecule is Cn1nc(Cc2ccc(Cl)c(Cl)c2)c(C(=O)NC2(c3ccc(C(=O)O)cc3)CC2)c1C(F)(F)F. The van der Waals surface area contributed by atoms with Crippen LogP contribution < -0.4 is 5.32 Å². The van der Waals surface area contributed by atoms with Gasteiger partial charge in [-0.05, 0) is 48.2 Å². The Morgan fingerprint density at radius 3 is 2.29 bits per heavy atom. The van der Waals surface area contributed by atoms with Crippen LogP contribution in [0.25, 0.3) is 0 Å². The molecule has 1 aliphatic carbocycles. The van der Waals surface area contributed by atoms with E-state index < -0.39 is 34.8 Å². The lowest BCUT2D eigenvalue weighted by atomic mass is 10.0. The van der Waals surface area contributed by atoms with E-state index in [4.69, 9.17) is 28.3 Å². The summed E-state index contributed by atoms with van der Waals surface area (Å²) in [5, 5.41) is 16.3. The van der Waals surface area contributed by atoms with Crippen LogP contribution in [-0.4, -0.2) is 26.8 Å². The van der Waals surface area contributed by atoms with Gasteiger partial charge in [0.05, 0.1) is 32.4 Å². The largest absolute Gasteiger partial charge is 0.478 e. The molecule has 3 aromatic rings. The van der Waals surface area contributed by atoms with Crippen molar-refractivity contribution in [1.82, 2.24) is 15.1 Å². The molecule has 0 unspecified atom stereocenters. The van der Waals surface area contributed by atoms with Gasteiger partial charge in [-0.25, -0.2) is 4.79 Å². The molecule has 1 heterocycles. The molecule has 34 heavy (non-hydrogen) atoms. The molecule has 0 saturated heterocycles. The lowest BCUT2D eigenvalue weighted by molar-refractivity contribution is -0.144. The Kier molecular flexibility index (Phi) is 6.12. The van der Waals surface area contributed by atoms with Crippen LogP contribution in [0.3, 0.4) is 0 Å². The number of carboxylic acids is 1. The molecule has 2 aromatic carbocycles. The lowest BCUT2D eigenvalue weighted by Crippen LogP contribution is -2.36. The molecule has 1 fully saturated rings. The molecule has 0 bridgehead atoms. The molecule has 4 rings (SSSR count). The summed E-state index contributed by atoms with van der Waals surface area (Å²) in [5.41, 5.74) is -1.40. The van der Waals surface area contributed by atoms with Crippen LogP contribution >= 0.6 is 23.2 Å². The van der Waals surface area contributed by atoms with E-state index in [1.54, 1.807) is 18.2 Å². The quantitative estimate of drug-likeness (QED) is 0.460. The highest BCUT2D eigenvalue weighted by atomic mass is 35.5. The Labute approximate surface area is 202 Å². The van der Waals surface area contributed by atoms with Gasteiger partial charge in [0.2, 0.25) is 0 Å². The van der Waals surface area contributed by atoms with Gasteiger partial charge in [0.15, 0.2) is 5.69 Å². The third-order valence-corrected chi connectivity index (χ3v) is 6.50. The second kappa shape index (κ2) is 8.63. The Morgan fingerprint density at radius 2 is 1.76 bits per heavy atom. The second-order valence-corrected chi connectivity index (χ2v) is 8.95. The van der Waals surface area contributed by atoms with E-state index in [9.17, 15) is 22.8 Å². The summed E-state index contributed by atoms with van der Waals surface area (Å²) in [6.45, 7) is 0. The fourth-order valence-electron chi connectivity index (χ4n) is 3.93. The van der Waals surface area contributed by atoms with Crippen molar-refractivity contribution < 1.29 is 27.9 Å². The molecule has 11 heteroatoms. The fraction of sp³-hybridized carbons (Fsp3) is 0.261. The fourth-order valence-corrected chi connectivity index (χ4v) is 4.25. The molecule has 2 N–H and O–H groups in total. The van der Waals surface area contributed by atoms with Crippen LogP contribution in [0.5, 0.6) is 0 Å². The summed E-state index contributed by atoms with van der Waals surface area (Å²) in [6, 6.07) is 10.5. The Hall–Kier alpha value is -3.04. The van der Waals surface area contributed by atoms with Gasteiger partial charge in [0, 0.05) is 13.5 Å². The topological polar surface area (TPSA) is 84.2 Å². The minimum atomic E-state index is -4.82. The van der Waals surface area contributed by atoms with E-state index in [2.05, 4.69) is 10.4 Å². The van der Waals surface area contributed by atoms with Crippen LogP contribution in [0, 0.1) is 0 Å². The van der Waals surface area contributed by atoms with Crippen molar-refractivity contribution in [3.05, 3.63) is 86.2 Å². The number of aromatic carboxylic acids is 1. The number of nitrogens with zero attached hydrogens (tertiary/aromatic N) is 2. The van der Waals surface area contributed by atoms with Crippen LogP contribution in [-0.2, 0) is 25.2 Å². The zero-order chi connectivity index (χ0) is 24.8. The number of carbonyl (C=O) groups is 2. The molecule has 178 valence electrons. The van der Waals surface area contributed by atoms with E-state index in [-0.39, 0.29) is 22.7 Å². The Balaban J connectivity index is 1.69. The number of hydrogen-bond donors (Lipinski definition) is 2. The summed E-state index contributed by atoms with van der Waals surface area (Å²) in [4.78, 5) is 24.4. The summed E-state index contributed by atoms with van der Waals surface area (Å²) in [6.07, 6.45) is -3.86. The molecule has 6 nitrogen and oxygen atoms in total. The molecule has 0 spiro atoms. The zero-order valence-electron chi connectivity index (χ0n) is 17.7. The summed E-state index contributed by atoms with van der Waals surface area (Å²) < 4.78 is 42.3. The number of alkyl halides is 3. The first-order valence-electron chi connectivity index (χ1n) is 10.1. The first-order valence-corrected chi connectivity index (χ1v) is 10.9. The van der Waals surface area contributed by atoms with Gasteiger partial charge in [-0.15, -0.1) is 0 Å². The van der Waals surface area contributed by atoms with Gasteiger partial charge in [-0.3, -0.25) is 9.48 Å². The number of aromatic nitrogens is 2. The molecule has 0 radical (unpaired) electrons. The summed E-state index contributed by atoms with van der Waals surface area (Å²) >= 11 is 12.0. The molecular weight excluding hydrogens is 494 g/mol. The van der Waals surface area contributed by atoms with Crippen molar-refractivity contribution in [3.63, 3.8) is 0 Å². The van der Waals surface area contributed by atoms with Crippen molar-refractivity contribution in [1.29, 1.82) is 0 Å². The highest BCUT2D eigenvalue weighted by molar-refractivity contribution is 6.42. The van der Waals surface area contributed by atoms with Crippen LogP contribution in [0.1, 0.15) is 56.1 Å². The number of halogens is 5. The minimum absolute atomic E-state index is 0.0530. The average molecular weight is 512 g/mol. The maximum atomic E-state index is 13.9. The van der Waals surface area contributed by atoms with Crippen molar-refractivity contribution in [2.75, 3.05) is 0 Å². The number of nitrogens with one attached hydrogen (secondary N) is 1. The van der Waals surface area contributed by atoms with Crippen LogP contribution in [0.2, 0.25) is 10.0 Å². The number of benzene rings is 2. The van der Waals surface area contributed by atoms with Crippen LogP contribution in [0.15, 0.2) is 42.5 Å². The van der Waals surface area contributed by atoms with Crippen molar-refractivity contribution in [2.45, 2.75) is 31.0 Å². The van der Waals surface area contributed by atoms with Crippen molar-refractivity contribution >= 4 is 35.1 Å². The zero-order valence-corrected chi connectivity index (χ0v) is 19.2.